The van der Waals surface area contributed by atoms with Crippen molar-refractivity contribution in [2.45, 2.75) is 13.0 Å². The second-order valence-corrected chi connectivity index (χ2v) is 6.49. The zero-order valence-electron chi connectivity index (χ0n) is 12.0. The smallest absolute Gasteiger partial charge is 0.268 e. The molecule has 4 rings (SSSR count). The van der Waals surface area contributed by atoms with E-state index in [0.29, 0.717) is 0 Å². The molecule has 0 fully saturated rings. The normalized spacial score (nSPS) is 11.3. The summed E-state index contributed by atoms with van der Waals surface area (Å²) in [6.07, 6.45) is 0.873. The maximum Gasteiger partial charge on any atom is 0.268 e. The lowest BCUT2D eigenvalue weighted by Gasteiger charge is -2.04. The number of aromatic nitrogens is 1. The molecule has 2 nitrogen and oxygen atoms in total. The average Bonchev–Trinajstić information content (AvgIpc) is 2.89. The van der Waals surface area contributed by atoms with Crippen LogP contribution in [0.1, 0.15) is 5.56 Å². The summed E-state index contributed by atoms with van der Waals surface area (Å²) in [5.41, 5.74) is 1.39. The van der Waals surface area contributed by atoms with Crippen LogP contribution in [-0.4, -0.2) is 3.96 Å². The van der Waals surface area contributed by atoms with Crippen molar-refractivity contribution in [3.05, 3.63) is 82.6 Å². The molecule has 0 bridgehead atoms. The van der Waals surface area contributed by atoms with Crippen LogP contribution in [0.15, 0.2) is 71.5 Å². The van der Waals surface area contributed by atoms with Gasteiger partial charge in [-0.05, 0) is 34.9 Å². The zero-order chi connectivity index (χ0) is 14.9. The van der Waals surface area contributed by atoms with E-state index in [2.05, 4.69) is 42.5 Å². The minimum atomic E-state index is 0.126. The molecule has 0 unspecified atom stereocenters. The number of benzene rings is 3. The Bertz CT molecular complexity index is 1010. The molecule has 0 spiro atoms. The van der Waals surface area contributed by atoms with Gasteiger partial charge in [0.1, 0.15) is 0 Å². The van der Waals surface area contributed by atoms with Crippen molar-refractivity contribution in [2.75, 3.05) is 0 Å². The van der Waals surface area contributed by atoms with Crippen LogP contribution in [0.2, 0.25) is 0 Å². The minimum Gasteiger partial charge on any atom is -0.268 e. The van der Waals surface area contributed by atoms with Crippen LogP contribution in [0.25, 0.3) is 20.9 Å². The summed E-state index contributed by atoms with van der Waals surface area (Å²) in [4.78, 5) is 12.3. The maximum absolute atomic E-state index is 12.3. The molecule has 0 saturated heterocycles. The summed E-state index contributed by atoms with van der Waals surface area (Å²) in [5, 5.41) is 3.33. The van der Waals surface area contributed by atoms with Crippen LogP contribution in [-0.2, 0) is 13.0 Å². The molecule has 0 amide bonds. The van der Waals surface area contributed by atoms with Gasteiger partial charge in [0.05, 0.1) is 10.1 Å². The highest BCUT2D eigenvalue weighted by molar-refractivity contribution is 7.13. The Morgan fingerprint density at radius 1 is 0.864 bits per heavy atom. The Hall–Kier alpha value is -2.39. The van der Waals surface area contributed by atoms with Gasteiger partial charge in [-0.2, -0.15) is 0 Å². The van der Waals surface area contributed by atoms with Gasteiger partial charge in [0.15, 0.2) is 0 Å². The average molecular weight is 305 g/mol. The van der Waals surface area contributed by atoms with Gasteiger partial charge >= 0.3 is 0 Å². The van der Waals surface area contributed by atoms with Crippen LogP contribution in [0.5, 0.6) is 0 Å². The van der Waals surface area contributed by atoms with Gasteiger partial charge in [0.2, 0.25) is 0 Å². The predicted octanol–water partition coefficient (Wildman–Crippen LogP) is 4.46. The number of hydrogen-bond acceptors (Lipinski definition) is 2. The fourth-order valence-corrected chi connectivity index (χ4v) is 3.78. The lowest BCUT2D eigenvalue weighted by atomic mass is 10.1. The van der Waals surface area contributed by atoms with Crippen molar-refractivity contribution in [1.29, 1.82) is 0 Å². The van der Waals surface area contributed by atoms with E-state index < -0.39 is 0 Å². The van der Waals surface area contributed by atoms with Gasteiger partial charge in [0, 0.05) is 6.54 Å². The highest BCUT2D eigenvalue weighted by atomic mass is 32.1. The van der Waals surface area contributed by atoms with E-state index in [9.17, 15) is 4.79 Å². The largest absolute Gasteiger partial charge is 0.268 e. The van der Waals surface area contributed by atoms with Crippen molar-refractivity contribution in [3.8, 4) is 0 Å². The summed E-state index contributed by atoms with van der Waals surface area (Å²) in [6, 6.07) is 22.7. The maximum atomic E-state index is 12.3. The lowest BCUT2D eigenvalue weighted by molar-refractivity contribution is 0.737. The summed E-state index contributed by atoms with van der Waals surface area (Å²) in [7, 11) is 0. The van der Waals surface area contributed by atoms with E-state index in [0.717, 1.165) is 23.1 Å². The number of aryl methyl sites for hydroxylation is 2. The third-order valence-electron chi connectivity index (χ3n) is 3.97. The Morgan fingerprint density at radius 2 is 1.64 bits per heavy atom. The molecule has 0 atom stereocenters. The number of rotatable bonds is 3. The van der Waals surface area contributed by atoms with E-state index >= 15 is 0 Å². The fraction of sp³-hybridized carbons (Fsp3) is 0.105. The molecule has 1 aromatic heterocycles. The van der Waals surface area contributed by atoms with Crippen molar-refractivity contribution in [2.24, 2.45) is 0 Å². The first-order valence-corrected chi connectivity index (χ1v) is 8.15. The fourth-order valence-electron chi connectivity index (χ4n) is 2.79. The molecule has 1 heterocycles. The summed E-state index contributed by atoms with van der Waals surface area (Å²) in [6.45, 7) is 0.733. The second kappa shape index (κ2) is 5.43. The zero-order valence-corrected chi connectivity index (χ0v) is 12.8. The molecule has 0 aliphatic rings. The minimum absolute atomic E-state index is 0.126. The van der Waals surface area contributed by atoms with E-state index in [1.54, 1.807) is 11.5 Å². The van der Waals surface area contributed by atoms with Crippen molar-refractivity contribution in [3.63, 3.8) is 0 Å². The molecule has 0 radical (unpaired) electrons. The van der Waals surface area contributed by atoms with Crippen molar-refractivity contribution < 1.29 is 0 Å². The lowest BCUT2D eigenvalue weighted by Crippen LogP contribution is -2.14. The molecular formula is C19H15NOS. The second-order valence-electron chi connectivity index (χ2n) is 5.43. The van der Waals surface area contributed by atoms with Gasteiger partial charge in [-0.3, -0.25) is 8.75 Å². The first kappa shape index (κ1) is 13.3. The predicted molar refractivity (Wildman–Crippen MR) is 93.7 cm³/mol. The van der Waals surface area contributed by atoms with Crippen molar-refractivity contribution in [1.82, 2.24) is 3.96 Å². The Morgan fingerprint density at radius 3 is 2.50 bits per heavy atom. The monoisotopic (exact) mass is 305 g/mol. The third kappa shape index (κ3) is 2.34. The van der Waals surface area contributed by atoms with Gasteiger partial charge in [-0.25, -0.2) is 0 Å². The Labute approximate surface area is 132 Å². The molecular weight excluding hydrogens is 290 g/mol. The van der Waals surface area contributed by atoms with Gasteiger partial charge in [-0.1, -0.05) is 66.1 Å². The Kier molecular flexibility index (Phi) is 3.28. The van der Waals surface area contributed by atoms with E-state index in [-0.39, 0.29) is 5.56 Å². The molecule has 22 heavy (non-hydrogen) atoms. The number of hydrogen-bond donors (Lipinski definition) is 0. The molecule has 3 heteroatoms. The topological polar surface area (TPSA) is 22.0 Å². The molecule has 108 valence electrons. The highest BCUT2D eigenvalue weighted by Gasteiger charge is 2.06. The van der Waals surface area contributed by atoms with Gasteiger partial charge in [-0.15, -0.1) is 0 Å². The van der Waals surface area contributed by atoms with Crippen LogP contribution in [0.3, 0.4) is 0 Å². The molecule has 0 N–H and O–H groups in total. The standard InChI is InChI=1S/C19H15NOS/c21-19-17-7-3-4-8-18(17)22-20(19)12-11-14-9-10-15-5-1-2-6-16(15)13-14/h1-10,13H,11-12H2. The number of fused-ring (bicyclic) bond motifs is 2. The molecule has 0 aliphatic carbocycles. The quantitative estimate of drug-likeness (QED) is 0.548. The van der Waals surface area contributed by atoms with Gasteiger partial charge < -0.3 is 0 Å². The van der Waals surface area contributed by atoms with Crippen LogP contribution in [0, 0.1) is 0 Å². The van der Waals surface area contributed by atoms with Crippen LogP contribution < -0.4 is 5.56 Å². The van der Waals surface area contributed by atoms with Gasteiger partial charge in [0.25, 0.3) is 5.56 Å². The summed E-state index contributed by atoms with van der Waals surface area (Å²) in [5.74, 6) is 0. The van der Waals surface area contributed by atoms with E-state index in [1.165, 1.54) is 16.3 Å². The van der Waals surface area contributed by atoms with E-state index in [1.807, 2.05) is 28.2 Å². The molecule has 3 aromatic carbocycles. The highest BCUT2D eigenvalue weighted by Crippen LogP contribution is 2.18. The van der Waals surface area contributed by atoms with Crippen molar-refractivity contribution >= 4 is 32.4 Å². The summed E-state index contributed by atoms with van der Waals surface area (Å²) < 4.78 is 2.92. The SMILES string of the molecule is O=c1c2ccccc2sn1CCc1ccc2ccccc2c1. The first-order valence-electron chi connectivity index (χ1n) is 7.38. The summed E-state index contributed by atoms with van der Waals surface area (Å²) >= 11 is 1.55. The van der Waals surface area contributed by atoms with Crippen LogP contribution >= 0.6 is 11.5 Å². The molecule has 0 saturated carbocycles. The van der Waals surface area contributed by atoms with E-state index in [4.69, 9.17) is 0 Å². The Balaban J connectivity index is 1.62. The van der Waals surface area contributed by atoms with Crippen LogP contribution in [0.4, 0.5) is 0 Å². The molecule has 0 aliphatic heterocycles. The number of nitrogens with zero attached hydrogens (tertiary/aromatic N) is 1. The third-order valence-corrected chi connectivity index (χ3v) is 5.09. The molecule has 4 aromatic rings. The first-order chi connectivity index (χ1) is 10.8.